The van der Waals surface area contributed by atoms with Crippen LogP contribution in [0.15, 0.2) is 47.4 Å². The highest BCUT2D eigenvalue weighted by molar-refractivity contribution is 7.79. The summed E-state index contributed by atoms with van der Waals surface area (Å²) in [5, 5.41) is -0.440. The van der Waals surface area contributed by atoms with Crippen molar-refractivity contribution in [1.82, 2.24) is 4.90 Å². The molecule has 1 fully saturated rings. The lowest BCUT2D eigenvalue weighted by Crippen LogP contribution is -2.52. The molecule has 1 saturated heterocycles. The molecule has 1 aliphatic heterocycles. The zero-order valence-electron chi connectivity index (χ0n) is 16.4. The van der Waals surface area contributed by atoms with Gasteiger partial charge in [0.05, 0.1) is 10.6 Å². The predicted octanol–water partition coefficient (Wildman–Crippen LogP) is 3.71. The number of halogens is 4. The Morgan fingerprint density at radius 3 is 2.29 bits per heavy atom. The van der Waals surface area contributed by atoms with Gasteiger partial charge in [0, 0.05) is 36.8 Å². The Bertz CT molecular complexity index is 964. The van der Waals surface area contributed by atoms with Gasteiger partial charge >= 0.3 is 6.18 Å². The number of piperazine rings is 1. The van der Waals surface area contributed by atoms with Crippen LogP contribution in [0.25, 0.3) is 0 Å². The van der Waals surface area contributed by atoms with Crippen LogP contribution in [0.5, 0.6) is 5.75 Å². The third-order valence-electron chi connectivity index (χ3n) is 4.89. The van der Waals surface area contributed by atoms with Crippen LogP contribution in [0.2, 0.25) is 5.02 Å². The first kappa shape index (κ1) is 23.4. The highest BCUT2D eigenvalue weighted by atomic mass is 35.5. The second-order valence-corrected chi connectivity index (χ2v) is 8.29. The van der Waals surface area contributed by atoms with Crippen LogP contribution in [0.4, 0.5) is 18.9 Å². The van der Waals surface area contributed by atoms with Crippen LogP contribution >= 0.6 is 11.6 Å². The van der Waals surface area contributed by atoms with Crippen molar-refractivity contribution in [3.8, 4) is 5.75 Å². The van der Waals surface area contributed by atoms with Crippen molar-refractivity contribution >= 4 is 34.3 Å². The molecule has 2 unspecified atom stereocenters. The van der Waals surface area contributed by atoms with Crippen LogP contribution in [-0.2, 0) is 22.1 Å². The smallest absolute Gasteiger partial charge is 0.417 e. The third-order valence-corrected chi connectivity index (χ3v) is 5.88. The minimum Gasteiger partial charge on any atom is -0.768 e. The summed E-state index contributed by atoms with van der Waals surface area (Å²) in [6.07, 6.45) is -5.60. The summed E-state index contributed by atoms with van der Waals surface area (Å²) in [5.41, 5.74) is -0.182. The molecular weight excluding hydrogens is 457 g/mol. The zero-order chi connectivity index (χ0) is 22.8. The van der Waals surface area contributed by atoms with Gasteiger partial charge in [-0.3, -0.25) is 9.00 Å². The Balaban J connectivity index is 1.58. The molecule has 0 aromatic heterocycles. The number of carbonyl (C=O) groups is 1. The van der Waals surface area contributed by atoms with Crippen LogP contribution in [-0.4, -0.2) is 51.9 Å². The maximum atomic E-state index is 13.0. The fraction of sp³-hybridized carbons (Fsp3) is 0.350. The van der Waals surface area contributed by atoms with Gasteiger partial charge < -0.3 is 19.1 Å². The van der Waals surface area contributed by atoms with Gasteiger partial charge in [-0.1, -0.05) is 11.6 Å². The molecule has 1 heterocycles. The molecule has 1 aliphatic rings. The first-order valence-corrected chi connectivity index (χ1v) is 10.8. The molecule has 0 bridgehead atoms. The summed E-state index contributed by atoms with van der Waals surface area (Å²) in [5.74, 6) is -0.424. The Kier molecular flexibility index (Phi) is 7.13. The van der Waals surface area contributed by atoms with Crippen LogP contribution < -0.4 is 9.64 Å². The van der Waals surface area contributed by atoms with E-state index in [1.54, 1.807) is 17.0 Å². The average Bonchev–Trinajstić information content (AvgIpc) is 2.74. The van der Waals surface area contributed by atoms with Gasteiger partial charge in [0.25, 0.3) is 5.91 Å². The second kappa shape index (κ2) is 9.46. The first-order valence-electron chi connectivity index (χ1n) is 9.32. The number of carbonyl (C=O) groups excluding carboxylic acids is 1. The van der Waals surface area contributed by atoms with E-state index >= 15 is 0 Å². The molecule has 0 aliphatic carbocycles. The molecule has 3 rings (SSSR count). The largest absolute Gasteiger partial charge is 0.768 e. The Morgan fingerprint density at radius 1 is 1.13 bits per heavy atom. The van der Waals surface area contributed by atoms with Crippen molar-refractivity contribution in [2.24, 2.45) is 0 Å². The first-order chi connectivity index (χ1) is 14.6. The number of nitrogens with zero attached hydrogens (tertiary/aromatic N) is 2. The van der Waals surface area contributed by atoms with Gasteiger partial charge in [0.2, 0.25) is 0 Å². The third kappa shape index (κ3) is 5.69. The maximum Gasteiger partial charge on any atom is 0.417 e. The SMILES string of the molecule is CC(Oc1ccc(Cl)c(C(F)(F)F)c1)C(=O)N1CCN(c2ccc(S(=O)[O-])cc2)CC1. The van der Waals surface area contributed by atoms with Crippen molar-refractivity contribution in [3.63, 3.8) is 0 Å². The lowest BCUT2D eigenvalue weighted by atomic mass is 10.2. The normalized spacial score (nSPS) is 16.7. The van der Waals surface area contributed by atoms with Gasteiger partial charge in [-0.2, -0.15) is 13.2 Å². The molecule has 1 amide bonds. The lowest BCUT2D eigenvalue weighted by Gasteiger charge is -2.37. The van der Waals surface area contributed by atoms with Crippen molar-refractivity contribution < 1.29 is 31.5 Å². The molecule has 6 nitrogen and oxygen atoms in total. The molecule has 0 saturated carbocycles. The van der Waals surface area contributed by atoms with E-state index in [4.69, 9.17) is 16.3 Å². The Labute approximate surface area is 184 Å². The molecule has 2 aromatic rings. The van der Waals surface area contributed by atoms with Crippen LogP contribution in [0, 0.1) is 0 Å². The fourth-order valence-corrected chi connectivity index (χ4v) is 3.84. The predicted molar refractivity (Wildman–Crippen MR) is 109 cm³/mol. The minimum atomic E-state index is -4.62. The van der Waals surface area contributed by atoms with Crippen molar-refractivity contribution in [2.45, 2.75) is 24.1 Å². The average molecular weight is 476 g/mol. The monoisotopic (exact) mass is 475 g/mol. The highest BCUT2D eigenvalue weighted by Crippen LogP contribution is 2.37. The molecule has 0 N–H and O–H groups in total. The van der Waals surface area contributed by atoms with E-state index in [-0.39, 0.29) is 16.6 Å². The van der Waals surface area contributed by atoms with Crippen molar-refractivity contribution in [1.29, 1.82) is 0 Å². The summed E-state index contributed by atoms with van der Waals surface area (Å²) in [4.78, 5) is 16.5. The summed E-state index contributed by atoms with van der Waals surface area (Å²) >= 11 is 3.31. The summed E-state index contributed by atoms with van der Waals surface area (Å²) in [7, 11) is 0. The Morgan fingerprint density at radius 2 is 1.74 bits per heavy atom. The summed E-state index contributed by atoms with van der Waals surface area (Å²) in [6, 6.07) is 9.57. The van der Waals surface area contributed by atoms with E-state index in [2.05, 4.69) is 0 Å². The van der Waals surface area contributed by atoms with Crippen molar-refractivity contribution in [2.75, 3.05) is 31.1 Å². The van der Waals surface area contributed by atoms with Gasteiger partial charge in [0.1, 0.15) is 5.75 Å². The molecule has 31 heavy (non-hydrogen) atoms. The van der Waals surface area contributed by atoms with Gasteiger partial charge in [-0.05, 0) is 60.5 Å². The quantitative estimate of drug-likeness (QED) is 0.616. The molecule has 11 heteroatoms. The number of amides is 1. The van der Waals surface area contributed by atoms with Gasteiger partial charge in [-0.25, -0.2) is 0 Å². The van der Waals surface area contributed by atoms with Gasteiger partial charge in [-0.15, -0.1) is 0 Å². The fourth-order valence-electron chi connectivity index (χ4n) is 3.26. The number of benzene rings is 2. The summed E-state index contributed by atoms with van der Waals surface area (Å²) in [6.45, 7) is 3.33. The van der Waals surface area contributed by atoms with E-state index in [0.717, 1.165) is 17.8 Å². The lowest BCUT2D eigenvalue weighted by molar-refractivity contribution is -0.138. The molecular formula is C20H19ClF3N2O4S-. The number of hydrogen-bond acceptors (Lipinski definition) is 5. The number of rotatable bonds is 5. The van der Waals surface area contributed by atoms with E-state index in [9.17, 15) is 26.7 Å². The second-order valence-electron chi connectivity index (χ2n) is 6.94. The van der Waals surface area contributed by atoms with E-state index in [1.807, 2.05) is 4.90 Å². The van der Waals surface area contributed by atoms with E-state index in [1.165, 1.54) is 25.1 Å². The zero-order valence-corrected chi connectivity index (χ0v) is 18.0. The molecule has 2 aromatic carbocycles. The Hall–Kier alpha value is -2.30. The van der Waals surface area contributed by atoms with Crippen LogP contribution in [0.3, 0.4) is 0 Å². The molecule has 0 radical (unpaired) electrons. The van der Waals surface area contributed by atoms with Gasteiger partial charge in [0.15, 0.2) is 6.10 Å². The molecule has 168 valence electrons. The van der Waals surface area contributed by atoms with Crippen LogP contribution in [0.1, 0.15) is 12.5 Å². The number of anilines is 1. The topological polar surface area (TPSA) is 72.9 Å². The molecule has 2 atom stereocenters. The number of alkyl halides is 3. The van der Waals surface area contributed by atoms with E-state index in [0.29, 0.717) is 26.2 Å². The number of hydrogen-bond donors (Lipinski definition) is 0. The number of ether oxygens (including phenoxy) is 1. The standard InChI is InChI=1S/C20H20ClF3N2O4S/c1-13(30-15-4-7-18(21)17(12-15)20(22,23)24)19(27)26-10-8-25(9-11-26)14-2-5-16(6-3-14)31(28)29/h2-7,12-13H,8-11H2,1H3,(H,28,29)/p-1. The highest BCUT2D eigenvalue weighted by Gasteiger charge is 2.34. The van der Waals surface area contributed by atoms with Crippen molar-refractivity contribution in [3.05, 3.63) is 53.1 Å². The minimum absolute atomic E-state index is 0.0907. The summed E-state index contributed by atoms with van der Waals surface area (Å²) < 4.78 is 66.4. The maximum absolute atomic E-state index is 13.0. The molecule has 0 spiro atoms. The van der Waals surface area contributed by atoms with E-state index < -0.39 is 33.9 Å².